The Kier molecular flexibility index (Phi) is 6.70. The maximum atomic E-state index is 11.8. The maximum absolute atomic E-state index is 11.8. The number of benzene rings is 1. The highest BCUT2D eigenvalue weighted by molar-refractivity contribution is 5.75. The molecule has 0 radical (unpaired) electrons. The summed E-state index contributed by atoms with van der Waals surface area (Å²) >= 11 is 0. The number of hydrogen-bond acceptors (Lipinski definition) is 3. The van der Waals surface area contributed by atoms with E-state index >= 15 is 0 Å². The Hall–Kier alpha value is -1.39. The predicted octanol–water partition coefficient (Wildman–Crippen LogP) is 1.49. The molecule has 1 aliphatic rings. The molecule has 4 heteroatoms. The van der Waals surface area contributed by atoms with Gasteiger partial charge < -0.3 is 15.7 Å². The summed E-state index contributed by atoms with van der Waals surface area (Å²) in [6.07, 6.45) is 3.93. The lowest BCUT2D eigenvalue weighted by Gasteiger charge is -2.22. The first kappa shape index (κ1) is 16.0. The van der Waals surface area contributed by atoms with Crippen molar-refractivity contribution in [1.29, 1.82) is 0 Å². The Morgan fingerprint density at radius 2 is 2.00 bits per heavy atom. The van der Waals surface area contributed by atoms with E-state index in [1.165, 1.54) is 12.8 Å². The third kappa shape index (κ3) is 6.27. The van der Waals surface area contributed by atoms with E-state index < -0.39 is 6.10 Å². The summed E-state index contributed by atoms with van der Waals surface area (Å²) < 4.78 is 0. The van der Waals surface area contributed by atoms with Crippen LogP contribution in [0.2, 0.25) is 0 Å². The van der Waals surface area contributed by atoms with Crippen LogP contribution in [-0.2, 0) is 11.2 Å². The van der Waals surface area contributed by atoms with Crippen LogP contribution in [0.5, 0.6) is 0 Å². The summed E-state index contributed by atoms with van der Waals surface area (Å²) in [6, 6.07) is 9.85. The summed E-state index contributed by atoms with van der Waals surface area (Å²) in [7, 11) is 0. The van der Waals surface area contributed by atoms with Crippen LogP contribution in [0.3, 0.4) is 0 Å². The first-order chi connectivity index (χ1) is 10.2. The van der Waals surface area contributed by atoms with Gasteiger partial charge >= 0.3 is 0 Å². The highest BCUT2D eigenvalue weighted by Gasteiger charge is 2.15. The number of aliphatic hydroxyl groups excluding tert-OH is 1. The van der Waals surface area contributed by atoms with Crippen LogP contribution >= 0.6 is 0 Å². The average molecular weight is 290 g/mol. The minimum absolute atomic E-state index is 0.0562. The van der Waals surface area contributed by atoms with Crippen molar-refractivity contribution in [2.45, 2.75) is 38.2 Å². The van der Waals surface area contributed by atoms with Crippen molar-refractivity contribution in [1.82, 2.24) is 10.6 Å². The molecule has 116 valence electrons. The van der Waals surface area contributed by atoms with Gasteiger partial charge in [0.05, 0.1) is 6.10 Å². The molecule has 1 atom stereocenters. The van der Waals surface area contributed by atoms with E-state index in [-0.39, 0.29) is 5.91 Å². The van der Waals surface area contributed by atoms with Crippen LogP contribution in [0.25, 0.3) is 0 Å². The number of hydrogen-bond donors (Lipinski definition) is 3. The molecule has 1 aromatic rings. The predicted molar refractivity (Wildman–Crippen MR) is 84.0 cm³/mol. The zero-order valence-electron chi connectivity index (χ0n) is 12.6. The van der Waals surface area contributed by atoms with Crippen LogP contribution in [0, 0.1) is 5.92 Å². The zero-order chi connectivity index (χ0) is 14.9. The average Bonchev–Trinajstić information content (AvgIpc) is 2.53. The molecule has 4 nitrogen and oxygen atoms in total. The number of rotatable bonds is 7. The van der Waals surface area contributed by atoms with Crippen LogP contribution in [0.1, 0.15) is 31.2 Å². The number of piperidine rings is 1. The SMILES string of the molecule is O=C(CCC1CCNCC1)NCC(O)Cc1ccccc1. The molecule has 1 unspecified atom stereocenters. The topological polar surface area (TPSA) is 61.4 Å². The second-order valence-corrected chi connectivity index (χ2v) is 5.88. The van der Waals surface area contributed by atoms with Gasteiger partial charge in [-0.15, -0.1) is 0 Å². The fourth-order valence-corrected chi connectivity index (χ4v) is 2.78. The fourth-order valence-electron chi connectivity index (χ4n) is 2.78. The van der Waals surface area contributed by atoms with Gasteiger partial charge in [0, 0.05) is 19.4 Å². The van der Waals surface area contributed by atoms with Crippen molar-refractivity contribution < 1.29 is 9.90 Å². The van der Waals surface area contributed by atoms with Gasteiger partial charge in [-0.1, -0.05) is 30.3 Å². The normalized spacial score (nSPS) is 17.4. The molecular formula is C17H26N2O2. The van der Waals surface area contributed by atoms with E-state index in [0.717, 1.165) is 25.1 Å². The lowest BCUT2D eigenvalue weighted by molar-refractivity contribution is -0.121. The lowest BCUT2D eigenvalue weighted by atomic mass is 9.93. The van der Waals surface area contributed by atoms with E-state index in [0.29, 0.717) is 25.3 Å². The first-order valence-electron chi connectivity index (χ1n) is 7.93. The molecule has 1 aliphatic heterocycles. The molecule has 1 amide bonds. The van der Waals surface area contributed by atoms with Crippen LogP contribution in [0.15, 0.2) is 30.3 Å². The van der Waals surface area contributed by atoms with Crippen molar-refractivity contribution in [3.8, 4) is 0 Å². The number of amides is 1. The van der Waals surface area contributed by atoms with E-state index in [4.69, 9.17) is 0 Å². The maximum Gasteiger partial charge on any atom is 0.220 e. The molecule has 0 saturated carbocycles. The smallest absolute Gasteiger partial charge is 0.220 e. The summed E-state index contributed by atoms with van der Waals surface area (Å²) in [5, 5.41) is 16.1. The fraction of sp³-hybridized carbons (Fsp3) is 0.588. The second kappa shape index (κ2) is 8.80. The Morgan fingerprint density at radius 1 is 1.29 bits per heavy atom. The van der Waals surface area contributed by atoms with Crippen LogP contribution in [0.4, 0.5) is 0 Å². The Morgan fingerprint density at radius 3 is 2.71 bits per heavy atom. The van der Waals surface area contributed by atoms with Crippen molar-refractivity contribution in [2.24, 2.45) is 5.92 Å². The van der Waals surface area contributed by atoms with Crippen molar-refractivity contribution >= 4 is 5.91 Å². The number of carbonyl (C=O) groups excluding carboxylic acids is 1. The van der Waals surface area contributed by atoms with Crippen molar-refractivity contribution in [2.75, 3.05) is 19.6 Å². The molecule has 0 aromatic heterocycles. The molecule has 1 aromatic carbocycles. The summed E-state index contributed by atoms with van der Waals surface area (Å²) in [4.78, 5) is 11.8. The van der Waals surface area contributed by atoms with E-state index in [9.17, 15) is 9.90 Å². The van der Waals surface area contributed by atoms with Crippen molar-refractivity contribution in [3.63, 3.8) is 0 Å². The van der Waals surface area contributed by atoms with E-state index in [1.54, 1.807) is 0 Å². The highest BCUT2D eigenvalue weighted by atomic mass is 16.3. The third-order valence-corrected chi connectivity index (χ3v) is 4.09. The molecule has 0 aliphatic carbocycles. The van der Waals surface area contributed by atoms with Gasteiger partial charge in [0.25, 0.3) is 0 Å². The number of carbonyl (C=O) groups is 1. The van der Waals surface area contributed by atoms with Gasteiger partial charge in [-0.05, 0) is 43.8 Å². The molecule has 21 heavy (non-hydrogen) atoms. The number of aliphatic hydroxyl groups is 1. The Balaban J connectivity index is 1.59. The van der Waals surface area contributed by atoms with Gasteiger partial charge in [-0.3, -0.25) is 4.79 Å². The quantitative estimate of drug-likeness (QED) is 0.713. The summed E-state index contributed by atoms with van der Waals surface area (Å²) in [5.41, 5.74) is 1.09. The van der Waals surface area contributed by atoms with Gasteiger partial charge in [-0.2, -0.15) is 0 Å². The highest BCUT2D eigenvalue weighted by Crippen LogP contribution is 2.17. The molecule has 2 rings (SSSR count). The molecule has 1 saturated heterocycles. The van der Waals surface area contributed by atoms with Gasteiger partial charge in [0.15, 0.2) is 0 Å². The van der Waals surface area contributed by atoms with Crippen LogP contribution < -0.4 is 10.6 Å². The zero-order valence-corrected chi connectivity index (χ0v) is 12.6. The Bertz CT molecular complexity index is 416. The molecule has 0 bridgehead atoms. The largest absolute Gasteiger partial charge is 0.391 e. The summed E-state index contributed by atoms with van der Waals surface area (Å²) in [5.74, 6) is 0.729. The standard InChI is InChI=1S/C17H26N2O2/c20-16(12-15-4-2-1-3-5-15)13-19-17(21)7-6-14-8-10-18-11-9-14/h1-5,14,16,18,20H,6-13H2,(H,19,21). The molecule has 1 heterocycles. The monoisotopic (exact) mass is 290 g/mol. The third-order valence-electron chi connectivity index (χ3n) is 4.09. The number of nitrogens with one attached hydrogen (secondary N) is 2. The minimum atomic E-state index is -0.518. The molecular weight excluding hydrogens is 264 g/mol. The van der Waals surface area contributed by atoms with Gasteiger partial charge in [0.2, 0.25) is 5.91 Å². The van der Waals surface area contributed by atoms with Crippen LogP contribution in [-0.4, -0.2) is 36.8 Å². The van der Waals surface area contributed by atoms with Crippen molar-refractivity contribution in [3.05, 3.63) is 35.9 Å². The van der Waals surface area contributed by atoms with Gasteiger partial charge in [-0.25, -0.2) is 0 Å². The second-order valence-electron chi connectivity index (χ2n) is 5.88. The minimum Gasteiger partial charge on any atom is -0.391 e. The van der Waals surface area contributed by atoms with E-state index in [2.05, 4.69) is 10.6 Å². The molecule has 1 fully saturated rings. The van der Waals surface area contributed by atoms with Gasteiger partial charge in [0.1, 0.15) is 0 Å². The summed E-state index contributed by atoms with van der Waals surface area (Å²) in [6.45, 7) is 2.48. The first-order valence-corrected chi connectivity index (χ1v) is 7.93. The van der Waals surface area contributed by atoms with E-state index in [1.807, 2.05) is 30.3 Å². The lowest BCUT2D eigenvalue weighted by Crippen LogP contribution is -2.34. The Labute approximate surface area is 126 Å². The molecule has 3 N–H and O–H groups in total. The molecule has 0 spiro atoms.